The summed E-state index contributed by atoms with van der Waals surface area (Å²) in [6.45, 7) is 7.32. The zero-order valence-electron chi connectivity index (χ0n) is 12.5. The van der Waals surface area contributed by atoms with Crippen molar-refractivity contribution in [2.45, 2.75) is 26.3 Å². The summed E-state index contributed by atoms with van der Waals surface area (Å²) < 4.78 is 6.92. The zero-order valence-corrected chi connectivity index (χ0v) is 14.1. The largest absolute Gasteiger partial charge is 0.493 e. The molecule has 0 radical (unpaired) electrons. The van der Waals surface area contributed by atoms with E-state index in [-0.39, 0.29) is 0 Å². The number of nitrogens with one attached hydrogen (secondary N) is 1. The van der Waals surface area contributed by atoms with E-state index in [2.05, 4.69) is 52.3 Å². The summed E-state index contributed by atoms with van der Waals surface area (Å²) in [6, 6.07) is 6.25. The Morgan fingerprint density at radius 3 is 3.00 bits per heavy atom. The molecule has 112 valence electrons. The van der Waals surface area contributed by atoms with E-state index in [0.29, 0.717) is 0 Å². The van der Waals surface area contributed by atoms with Crippen molar-refractivity contribution in [3.8, 4) is 5.75 Å². The van der Waals surface area contributed by atoms with Gasteiger partial charge >= 0.3 is 0 Å². The molecule has 0 amide bonds. The molecule has 1 unspecified atom stereocenters. The summed E-state index contributed by atoms with van der Waals surface area (Å²) in [4.78, 5) is 2.40. The number of benzene rings is 1. The topological polar surface area (TPSA) is 24.5 Å². The molecule has 1 N–H and O–H groups in total. The third-order valence-corrected chi connectivity index (χ3v) is 4.21. The number of nitrogens with zero attached hydrogens (tertiary/aromatic N) is 1. The Hall–Kier alpha value is -0.580. The predicted octanol–water partition coefficient (Wildman–Crippen LogP) is 3.28. The molecule has 0 aromatic heterocycles. The number of rotatable bonds is 7. The molecule has 1 atom stereocenters. The molecule has 3 nitrogen and oxygen atoms in total. The summed E-state index contributed by atoms with van der Waals surface area (Å²) >= 11 is 3.54. The third kappa shape index (κ3) is 4.76. The Balaban J connectivity index is 1.85. The zero-order chi connectivity index (χ0) is 14.4. The second kappa shape index (κ2) is 8.01. The number of likely N-dealkylation sites (tertiary alicyclic amines) is 1. The highest BCUT2D eigenvalue weighted by molar-refractivity contribution is 9.10. The van der Waals surface area contributed by atoms with Gasteiger partial charge in [-0.3, -0.25) is 0 Å². The van der Waals surface area contributed by atoms with Gasteiger partial charge in [0.25, 0.3) is 0 Å². The molecule has 0 spiro atoms. The fourth-order valence-electron chi connectivity index (χ4n) is 2.64. The van der Waals surface area contributed by atoms with Gasteiger partial charge in [0, 0.05) is 23.1 Å². The van der Waals surface area contributed by atoms with E-state index in [4.69, 9.17) is 4.74 Å². The monoisotopic (exact) mass is 340 g/mol. The third-order valence-electron chi connectivity index (χ3n) is 3.72. The summed E-state index contributed by atoms with van der Waals surface area (Å²) in [5.74, 6) is 1.79. The van der Waals surface area contributed by atoms with E-state index < -0.39 is 0 Å². The minimum Gasteiger partial charge on any atom is -0.493 e. The van der Waals surface area contributed by atoms with E-state index in [0.717, 1.165) is 42.3 Å². The molecule has 0 saturated carbocycles. The standard InChI is InChI=1S/C16H25BrN2O/c1-3-8-20-16-5-4-15(17)9-14(16)11-18-10-13-6-7-19(2)12-13/h4-5,9,13,18H,3,6-8,10-12H2,1-2H3. The van der Waals surface area contributed by atoms with Crippen molar-refractivity contribution in [3.63, 3.8) is 0 Å². The molecular formula is C16H25BrN2O. The van der Waals surface area contributed by atoms with E-state index in [1.165, 1.54) is 25.1 Å². The van der Waals surface area contributed by atoms with Crippen LogP contribution in [0, 0.1) is 5.92 Å². The van der Waals surface area contributed by atoms with Crippen LogP contribution in [0.4, 0.5) is 0 Å². The van der Waals surface area contributed by atoms with Crippen molar-refractivity contribution in [3.05, 3.63) is 28.2 Å². The first-order chi connectivity index (χ1) is 9.69. The summed E-state index contributed by atoms with van der Waals surface area (Å²) in [7, 11) is 2.20. The molecule has 1 aliphatic rings. The molecule has 20 heavy (non-hydrogen) atoms. The fraction of sp³-hybridized carbons (Fsp3) is 0.625. The van der Waals surface area contributed by atoms with Crippen LogP contribution < -0.4 is 10.1 Å². The number of hydrogen-bond donors (Lipinski definition) is 1. The summed E-state index contributed by atoms with van der Waals surface area (Å²) in [5, 5.41) is 3.58. The first-order valence-corrected chi connectivity index (χ1v) is 8.28. The fourth-order valence-corrected chi connectivity index (χ4v) is 3.05. The maximum Gasteiger partial charge on any atom is 0.123 e. The molecule has 0 bridgehead atoms. The minimum atomic E-state index is 0.780. The maximum atomic E-state index is 5.81. The lowest BCUT2D eigenvalue weighted by molar-refractivity contribution is 0.312. The Bertz CT molecular complexity index is 425. The highest BCUT2D eigenvalue weighted by atomic mass is 79.9. The SMILES string of the molecule is CCCOc1ccc(Br)cc1CNCC1CCN(C)C1. The van der Waals surface area contributed by atoms with Crippen molar-refractivity contribution in [1.29, 1.82) is 0 Å². The van der Waals surface area contributed by atoms with Gasteiger partial charge in [0.1, 0.15) is 5.75 Å². The van der Waals surface area contributed by atoms with Crippen LogP contribution in [-0.2, 0) is 6.54 Å². The smallest absolute Gasteiger partial charge is 0.123 e. The average Bonchev–Trinajstić information content (AvgIpc) is 2.84. The molecule has 1 aliphatic heterocycles. The van der Waals surface area contributed by atoms with Crippen molar-refractivity contribution >= 4 is 15.9 Å². The van der Waals surface area contributed by atoms with Gasteiger partial charge < -0.3 is 15.0 Å². The van der Waals surface area contributed by atoms with Gasteiger partial charge in [-0.15, -0.1) is 0 Å². The lowest BCUT2D eigenvalue weighted by Gasteiger charge is -2.14. The van der Waals surface area contributed by atoms with E-state index in [1.807, 2.05) is 6.07 Å². The molecule has 1 aromatic carbocycles. The normalized spacial score (nSPS) is 19.4. The van der Waals surface area contributed by atoms with Crippen LogP contribution in [0.15, 0.2) is 22.7 Å². The van der Waals surface area contributed by atoms with E-state index >= 15 is 0 Å². The summed E-state index contributed by atoms with van der Waals surface area (Å²) in [5.41, 5.74) is 1.24. The van der Waals surface area contributed by atoms with Crippen LogP contribution in [0.1, 0.15) is 25.3 Å². The summed E-state index contributed by atoms with van der Waals surface area (Å²) in [6.07, 6.45) is 2.35. The Morgan fingerprint density at radius 2 is 2.30 bits per heavy atom. The molecule has 1 heterocycles. The number of ether oxygens (including phenoxy) is 1. The molecular weight excluding hydrogens is 316 g/mol. The number of hydrogen-bond acceptors (Lipinski definition) is 3. The molecule has 2 rings (SSSR count). The first kappa shape index (κ1) is 15.8. The van der Waals surface area contributed by atoms with Crippen LogP contribution in [0.3, 0.4) is 0 Å². The molecule has 1 fully saturated rings. The first-order valence-electron chi connectivity index (χ1n) is 7.49. The molecule has 0 aliphatic carbocycles. The Kier molecular flexibility index (Phi) is 6.33. The highest BCUT2D eigenvalue weighted by Crippen LogP contribution is 2.23. The molecule has 1 aromatic rings. The minimum absolute atomic E-state index is 0.780. The van der Waals surface area contributed by atoms with Gasteiger partial charge in [0.05, 0.1) is 6.61 Å². The van der Waals surface area contributed by atoms with Crippen LogP contribution in [0.2, 0.25) is 0 Å². The lowest BCUT2D eigenvalue weighted by Crippen LogP contribution is -2.25. The van der Waals surface area contributed by atoms with Gasteiger partial charge in [-0.1, -0.05) is 22.9 Å². The second-order valence-electron chi connectivity index (χ2n) is 5.65. The van der Waals surface area contributed by atoms with Gasteiger partial charge in [-0.25, -0.2) is 0 Å². The van der Waals surface area contributed by atoms with Crippen LogP contribution in [0.5, 0.6) is 5.75 Å². The average molecular weight is 341 g/mol. The molecule has 4 heteroatoms. The highest BCUT2D eigenvalue weighted by Gasteiger charge is 2.18. The second-order valence-corrected chi connectivity index (χ2v) is 6.56. The lowest BCUT2D eigenvalue weighted by atomic mass is 10.1. The van der Waals surface area contributed by atoms with Crippen molar-refractivity contribution in [1.82, 2.24) is 10.2 Å². The van der Waals surface area contributed by atoms with Crippen molar-refractivity contribution in [2.24, 2.45) is 5.92 Å². The Labute approximate surface area is 130 Å². The van der Waals surface area contributed by atoms with Crippen LogP contribution in [0.25, 0.3) is 0 Å². The van der Waals surface area contributed by atoms with Gasteiger partial charge in [0.15, 0.2) is 0 Å². The van der Waals surface area contributed by atoms with Gasteiger partial charge in [-0.2, -0.15) is 0 Å². The quantitative estimate of drug-likeness (QED) is 0.824. The van der Waals surface area contributed by atoms with E-state index in [9.17, 15) is 0 Å². The van der Waals surface area contributed by atoms with Crippen LogP contribution >= 0.6 is 15.9 Å². The van der Waals surface area contributed by atoms with E-state index in [1.54, 1.807) is 0 Å². The number of halogens is 1. The van der Waals surface area contributed by atoms with Crippen molar-refractivity contribution in [2.75, 3.05) is 33.3 Å². The predicted molar refractivity (Wildman–Crippen MR) is 87.2 cm³/mol. The van der Waals surface area contributed by atoms with Crippen molar-refractivity contribution < 1.29 is 4.74 Å². The van der Waals surface area contributed by atoms with Gasteiger partial charge in [0.2, 0.25) is 0 Å². The Morgan fingerprint density at radius 1 is 1.45 bits per heavy atom. The van der Waals surface area contributed by atoms with Crippen LogP contribution in [-0.4, -0.2) is 38.2 Å². The maximum absolute atomic E-state index is 5.81. The molecule has 1 saturated heterocycles. The van der Waals surface area contributed by atoms with Gasteiger partial charge in [-0.05, 0) is 57.1 Å².